The van der Waals surface area contributed by atoms with Crippen LogP contribution in [0.2, 0.25) is 5.02 Å². The fraction of sp³-hybridized carbons (Fsp3) is 0.222. The fourth-order valence-electron chi connectivity index (χ4n) is 5.83. The molecule has 16 heteroatoms. The van der Waals surface area contributed by atoms with Crippen molar-refractivity contribution in [1.82, 2.24) is 40.6 Å². The molecule has 1 fully saturated rings. The maximum Gasteiger partial charge on any atom is 0.411 e. The van der Waals surface area contributed by atoms with Gasteiger partial charge in [-0.25, -0.2) is 14.7 Å². The number of hydrogen-bond acceptors (Lipinski definition) is 10. The van der Waals surface area contributed by atoms with Crippen molar-refractivity contribution in [2.45, 2.75) is 25.5 Å². The molecular formula is C36H34ClN9O6. The Hall–Kier alpha value is -6.35. The first-order valence-corrected chi connectivity index (χ1v) is 16.7. The number of anilines is 1. The zero-order chi connectivity index (χ0) is 36.5. The van der Waals surface area contributed by atoms with Crippen LogP contribution in [-0.2, 0) is 20.9 Å². The van der Waals surface area contributed by atoms with Gasteiger partial charge in [0.15, 0.2) is 0 Å². The van der Waals surface area contributed by atoms with Gasteiger partial charge in [-0.05, 0) is 82.8 Å². The molecule has 1 saturated heterocycles. The molecule has 1 aliphatic rings. The lowest BCUT2D eigenvalue weighted by Gasteiger charge is -2.22. The van der Waals surface area contributed by atoms with Crippen molar-refractivity contribution in [3.63, 3.8) is 0 Å². The van der Waals surface area contributed by atoms with Gasteiger partial charge >= 0.3 is 12.2 Å². The van der Waals surface area contributed by atoms with E-state index in [0.29, 0.717) is 64.7 Å². The Morgan fingerprint density at radius 3 is 2.63 bits per heavy atom. The first kappa shape index (κ1) is 35.5. The van der Waals surface area contributed by atoms with Gasteiger partial charge in [-0.3, -0.25) is 14.9 Å². The summed E-state index contributed by atoms with van der Waals surface area (Å²) in [6.45, 7) is 1.07. The molecule has 3 aromatic carbocycles. The van der Waals surface area contributed by atoms with Crippen molar-refractivity contribution in [3.8, 4) is 16.8 Å². The molecule has 2 unspecified atom stereocenters. The standard InChI is InChI=1S/C36H34ClN9O6/c1-51-35(49)39-28-11-7-25(8-12-28)29-19-31(41-42-34(29)48)30(17-24-15-16-45(20-24)36(50)52-21-23-5-3-2-4-6-23)40-33(47)14-9-26-18-27(37)10-13-32(26)46-22-38-43-44-46/h2-14,18-19,22,24,30H,15-17,20-21H2,1H3,(H,39,49)(H,40,47)(H,42,48). The maximum atomic E-state index is 13.5. The molecule has 3 heterocycles. The Kier molecular flexibility index (Phi) is 11.3. The summed E-state index contributed by atoms with van der Waals surface area (Å²) in [4.78, 5) is 52.7. The lowest BCUT2D eigenvalue weighted by molar-refractivity contribution is -0.117. The Labute approximate surface area is 302 Å². The van der Waals surface area contributed by atoms with Crippen LogP contribution < -0.4 is 16.2 Å². The summed E-state index contributed by atoms with van der Waals surface area (Å²) in [6.07, 6.45) is 4.45. The summed E-state index contributed by atoms with van der Waals surface area (Å²) in [5.41, 5.74) is 3.43. The third kappa shape index (κ3) is 9.05. The number of carbonyl (C=O) groups excluding carboxylic acids is 3. The number of ether oxygens (including phenoxy) is 2. The lowest BCUT2D eigenvalue weighted by atomic mass is 9.95. The molecule has 0 spiro atoms. The second-order valence-electron chi connectivity index (χ2n) is 12.0. The highest BCUT2D eigenvalue weighted by atomic mass is 35.5. The number of amides is 3. The minimum absolute atomic E-state index is 0.0150. The number of tetrazole rings is 1. The van der Waals surface area contributed by atoms with E-state index in [0.717, 1.165) is 5.56 Å². The number of nitrogens with zero attached hydrogens (tertiary/aromatic N) is 6. The highest BCUT2D eigenvalue weighted by molar-refractivity contribution is 6.30. The van der Waals surface area contributed by atoms with Gasteiger partial charge < -0.3 is 19.7 Å². The zero-order valence-corrected chi connectivity index (χ0v) is 28.7. The van der Waals surface area contributed by atoms with Gasteiger partial charge in [0.25, 0.3) is 5.56 Å². The molecule has 2 atom stereocenters. The van der Waals surface area contributed by atoms with E-state index in [9.17, 15) is 19.2 Å². The van der Waals surface area contributed by atoms with Gasteiger partial charge in [-0.1, -0.05) is 54.1 Å². The third-order valence-corrected chi connectivity index (χ3v) is 8.68. The van der Waals surface area contributed by atoms with Gasteiger partial charge in [-0.2, -0.15) is 9.78 Å². The number of halogens is 1. The molecule has 15 nitrogen and oxygen atoms in total. The van der Waals surface area contributed by atoms with Crippen molar-refractivity contribution in [1.29, 1.82) is 0 Å². The quantitative estimate of drug-likeness (QED) is 0.154. The predicted molar refractivity (Wildman–Crippen MR) is 191 cm³/mol. The van der Waals surface area contributed by atoms with E-state index in [1.54, 1.807) is 59.5 Å². The van der Waals surface area contributed by atoms with E-state index < -0.39 is 29.7 Å². The molecule has 3 N–H and O–H groups in total. The van der Waals surface area contributed by atoms with Crippen LogP contribution in [0.5, 0.6) is 0 Å². The average molecular weight is 724 g/mol. The Bertz CT molecular complexity index is 2110. The van der Waals surface area contributed by atoms with Crippen LogP contribution in [0.15, 0.2) is 96.1 Å². The molecule has 266 valence electrons. The largest absolute Gasteiger partial charge is 0.453 e. The number of H-pyrrole nitrogens is 1. The van der Waals surface area contributed by atoms with Crippen LogP contribution in [0.4, 0.5) is 15.3 Å². The number of aromatic nitrogens is 6. The van der Waals surface area contributed by atoms with Gasteiger partial charge in [-0.15, -0.1) is 5.10 Å². The van der Waals surface area contributed by atoms with Crippen molar-refractivity contribution < 1.29 is 23.9 Å². The van der Waals surface area contributed by atoms with Crippen molar-refractivity contribution in [2.24, 2.45) is 5.92 Å². The second-order valence-corrected chi connectivity index (χ2v) is 12.4. The lowest BCUT2D eigenvalue weighted by Crippen LogP contribution is -2.32. The van der Waals surface area contributed by atoms with E-state index >= 15 is 0 Å². The molecule has 0 bridgehead atoms. The highest BCUT2D eigenvalue weighted by Crippen LogP contribution is 2.29. The second kappa shape index (κ2) is 16.6. The van der Waals surface area contributed by atoms with Gasteiger partial charge in [0.1, 0.15) is 12.9 Å². The van der Waals surface area contributed by atoms with E-state index in [2.05, 4.69) is 41.1 Å². The van der Waals surface area contributed by atoms with Gasteiger partial charge in [0.05, 0.1) is 30.1 Å². The molecule has 1 aliphatic heterocycles. The van der Waals surface area contributed by atoms with Crippen LogP contribution in [0.3, 0.4) is 0 Å². The van der Waals surface area contributed by atoms with Crippen LogP contribution in [-0.4, -0.2) is 73.6 Å². The number of carbonyl (C=O) groups is 3. The summed E-state index contributed by atoms with van der Waals surface area (Å²) in [7, 11) is 1.26. The normalized spacial score (nSPS) is 14.6. The molecule has 6 rings (SSSR count). The molecule has 52 heavy (non-hydrogen) atoms. The van der Waals surface area contributed by atoms with Crippen molar-refractivity contribution in [2.75, 3.05) is 25.5 Å². The smallest absolute Gasteiger partial charge is 0.411 e. The summed E-state index contributed by atoms with van der Waals surface area (Å²) in [5.74, 6) is -0.448. The number of nitrogens with one attached hydrogen (secondary N) is 3. The summed E-state index contributed by atoms with van der Waals surface area (Å²) < 4.78 is 11.6. The Morgan fingerprint density at radius 2 is 1.88 bits per heavy atom. The molecule has 0 radical (unpaired) electrons. The molecule has 3 amide bonds. The van der Waals surface area contributed by atoms with E-state index in [4.69, 9.17) is 16.3 Å². The van der Waals surface area contributed by atoms with Crippen LogP contribution >= 0.6 is 11.6 Å². The summed E-state index contributed by atoms with van der Waals surface area (Å²) >= 11 is 6.26. The minimum atomic E-state index is -0.656. The van der Waals surface area contributed by atoms with Crippen molar-refractivity contribution in [3.05, 3.63) is 123 Å². The van der Waals surface area contributed by atoms with Crippen LogP contribution in [0, 0.1) is 5.92 Å². The first-order valence-electron chi connectivity index (χ1n) is 16.3. The highest BCUT2D eigenvalue weighted by Gasteiger charge is 2.31. The minimum Gasteiger partial charge on any atom is -0.453 e. The Balaban J connectivity index is 1.22. The number of methoxy groups -OCH3 is 1. The van der Waals surface area contributed by atoms with E-state index in [1.807, 2.05) is 30.3 Å². The van der Waals surface area contributed by atoms with Crippen molar-refractivity contribution >= 4 is 41.5 Å². The van der Waals surface area contributed by atoms with E-state index in [-0.39, 0.29) is 12.5 Å². The first-order chi connectivity index (χ1) is 25.2. The number of rotatable bonds is 11. The molecule has 0 aliphatic carbocycles. The average Bonchev–Trinajstić information content (AvgIpc) is 3.87. The van der Waals surface area contributed by atoms with E-state index in [1.165, 1.54) is 24.2 Å². The van der Waals surface area contributed by atoms with Crippen LogP contribution in [0.25, 0.3) is 22.9 Å². The number of likely N-dealkylation sites (tertiary alicyclic amines) is 1. The number of aromatic amines is 1. The monoisotopic (exact) mass is 723 g/mol. The van der Waals surface area contributed by atoms with Gasteiger partial charge in [0.2, 0.25) is 5.91 Å². The summed E-state index contributed by atoms with van der Waals surface area (Å²) in [5, 5.41) is 24.3. The third-order valence-electron chi connectivity index (χ3n) is 8.44. The SMILES string of the molecule is COC(=O)Nc1ccc(-c2cc(C(CC3CCN(C(=O)OCc4ccccc4)C3)NC(=O)C=Cc3cc(Cl)ccc3-n3cnnn3)n[nH]c2=O)cc1. The zero-order valence-electron chi connectivity index (χ0n) is 27.9. The topological polar surface area (TPSA) is 186 Å². The summed E-state index contributed by atoms with van der Waals surface area (Å²) in [6, 6.07) is 22.2. The number of benzene rings is 3. The number of hydrogen-bond donors (Lipinski definition) is 3. The fourth-order valence-corrected chi connectivity index (χ4v) is 6.01. The molecule has 5 aromatic rings. The van der Waals surface area contributed by atoms with Gasteiger partial charge in [0, 0.05) is 35.4 Å². The molecular weight excluding hydrogens is 690 g/mol. The molecule has 0 saturated carbocycles. The maximum absolute atomic E-state index is 13.5. The Morgan fingerprint density at radius 1 is 1.08 bits per heavy atom. The predicted octanol–water partition coefficient (Wildman–Crippen LogP) is 5.16. The van der Waals surface area contributed by atoms with Crippen LogP contribution in [0.1, 0.15) is 35.7 Å². The molecule has 2 aromatic heterocycles.